The molecular formula is C95H124ClF17N12O6S. The van der Waals surface area contributed by atoms with E-state index in [0.29, 0.717) is 53.8 Å². The molecule has 4 aliphatic heterocycles. The van der Waals surface area contributed by atoms with Crippen LogP contribution >= 0.6 is 23.8 Å². The zero-order valence-electron chi connectivity index (χ0n) is 75.9. The molecule has 6 aromatic carbocycles. The smallest absolute Gasteiger partial charge is 0.397 e. The minimum absolute atomic E-state index is 0.0707. The first-order valence-corrected chi connectivity index (χ1v) is 45.4. The van der Waals surface area contributed by atoms with E-state index in [2.05, 4.69) is 30.3 Å². The highest BCUT2D eigenvalue weighted by Gasteiger charge is 2.37. The van der Waals surface area contributed by atoms with E-state index in [1.807, 2.05) is 24.8 Å². The van der Waals surface area contributed by atoms with Crippen LogP contribution in [-0.2, 0) is 30.9 Å². The second-order valence-corrected chi connectivity index (χ2v) is 32.0. The largest absolute Gasteiger partial charge is 0.416 e. The van der Waals surface area contributed by atoms with E-state index < -0.39 is 104 Å². The van der Waals surface area contributed by atoms with Gasteiger partial charge in [0.1, 0.15) is 5.69 Å². The molecule has 0 unspecified atom stereocenters. The third-order valence-corrected chi connectivity index (χ3v) is 21.9. The average Bonchev–Trinajstić information content (AvgIpc) is 1.41. The Morgan fingerprint density at radius 2 is 0.697 bits per heavy atom. The molecule has 0 atom stereocenters. The van der Waals surface area contributed by atoms with Crippen LogP contribution in [0.1, 0.15) is 283 Å². The Labute approximate surface area is 774 Å². The molecule has 732 valence electrons. The molecule has 5 fully saturated rings. The van der Waals surface area contributed by atoms with Gasteiger partial charge in [-0.25, -0.2) is 0 Å². The van der Waals surface area contributed by atoms with Gasteiger partial charge in [-0.05, 0) is 166 Å². The second kappa shape index (κ2) is 62.2. The fraction of sp³-hybridized carbons (Fsp3) is 0.526. The number of nitrogen functional groups attached to an aromatic ring is 2. The Bertz CT molecular complexity index is 4430. The summed E-state index contributed by atoms with van der Waals surface area (Å²) < 4.78 is 218. The third-order valence-electron chi connectivity index (χ3n) is 21.4. The van der Waals surface area contributed by atoms with Crippen LogP contribution < -0.4 is 41.7 Å². The van der Waals surface area contributed by atoms with Crippen molar-refractivity contribution < 1.29 is 95.4 Å². The molecule has 6 N–H and O–H groups in total. The van der Waals surface area contributed by atoms with E-state index in [-0.39, 0.29) is 28.2 Å². The summed E-state index contributed by atoms with van der Waals surface area (Å²) in [4.78, 5) is 54.1. The zero-order valence-corrected chi connectivity index (χ0v) is 76.5. The number of carbonyl (C=O) groups is 2. The van der Waals surface area contributed by atoms with Crippen molar-refractivity contribution in [3.63, 3.8) is 0 Å². The molecule has 1 saturated carbocycles. The minimum atomic E-state index is -4.71. The topological polar surface area (TPSA) is 246 Å². The SMILES string of the molecule is C1CCCCCCCC1.CC.CC#N.Nc1cc(C(F)(F)F)ccc1N1CCCCCCCC1.Nc1cc(C(F)(F)F)ccc1N1CCCCCCCC1.O=C(Cl)c1ccccc1.O=C(NC(=S)Nc1cc(C(F)(F)F)ccc1N1CCCCCCCC1)c1cccnc1.O=[N+]([O-])c1cc(C(F)(F)F)ccc1F.O=[N+]([O-])c1cc(C(F)(F)F)ccc1N1CCCCCCCC1.[2H]CF. The highest BCUT2D eigenvalue weighted by atomic mass is 35.5. The van der Waals surface area contributed by atoms with Gasteiger partial charge in [-0.1, -0.05) is 205 Å². The maximum Gasteiger partial charge on any atom is 0.416 e. The molecular weight excluding hydrogens is 1800 g/mol. The van der Waals surface area contributed by atoms with E-state index in [4.69, 9.17) is 41.9 Å². The van der Waals surface area contributed by atoms with Crippen LogP contribution in [0.3, 0.4) is 0 Å². The van der Waals surface area contributed by atoms with Gasteiger partial charge in [-0.15, -0.1) is 0 Å². The fourth-order valence-corrected chi connectivity index (χ4v) is 15.0. The molecule has 132 heavy (non-hydrogen) atoms. The summed E-state index contributed by atoms with van der Waals surface area (Å²) in [5, 5.41) is 33.4. The average molecular weight is 1920 g/mol. The second-order valence-electron chi connectivity index (χ2n) is 31.3. The molecule has 5 heterocycles. The molecule has 1 aliphatic carbocycles. The summed E-state index contributed by atoms with van der Waals surface area (Å²) in [7, 11) is -1.00. The molecule has 0 bridgehead atoms. The first-order valence-electron chi connectivity index (χ1n) is 45.3. The molecule has 18 nitrogen and oxygen atoms in total. The number of carbonyl (C=O) groups excluding carboxylic acids is 2. The van der Waals surface area contributed by atoms with Crippen LogP contribution in [0.4, 0.5) is 126 Å². The number of nitrogens with zero attached hydrogens (tertiary/aromatic N) is 8. The standard InChI is InChI=1S/C22H25F3N4OS.C15H19F3N2O2.2C15H21F3N2.C9H18.C7H5ClO.C7H3F4NO2.C2H3N.C2H6.CH3F/c23-22(24,25)17-9-10-19(29-12-5-3-1-2-4-6-13-29)18(14-17)27-21(31)28-20(30)16-8-7-11-26-15-16;16-15(17,18)12-7-8-13(14(11-12)20(21)22)19-9-5-3-1-2-4-6-10-19;2*16-15(17,18)12-7-8-14(13(19)11-12)20-9-5-3-1-2-4-6-10-20;1-2-4-6-8-9-7-5-3-1;8-7(9)6-4-2-1-3-5-6;8-5-2-1-4(7(9,10)11)3-6(5)12(13)14;1-2-3;2*1-2/h7-11,14-15H,1-6,12-13H2,(H2,27,28,30,31);7-8,11H,1-6,9-10H2;2*7-8,11H,1-6,9-10,19H2;1-9H2;1-5H;1-3H;1H3;1-2H3;1H3/i;;;;;;;;;1D. The molecule has 0 spiro atoms. The molecule has 7 aromatic rings. The van der Waals surface area contributed by atoms with Crippen LogP contribution in [-0.4, -0.2) is 90.6 Å². The number of pyridine rings is 1. The molecule has 12 rings (SSSR count). The number of thiocarbonyl (C=S) groups is 1. The Hall–Kier alpha value is -10.3. The fourth-order valence-electron chi connectivity index (χ4n) is 14.7. The monoisotopic (exact) mass is 1920 g/mol. The van der Waals surface area contributed by atoms with Gasteiger partial charge < -0.3 is 36.4 Å². The van der Waals surface area contributed by atoms with Crippen molar-refractivity contribution >= 4 is 91.3 Å². The number of nitro groups is 2. The molecule has 4 saturated heterocycles. The number of nitrogens with one attached hydrogen (secondary N) is 2. The number of amides is 1. The van der Waals surface area contributed by atoms with E-state index >= 15 is 0 Å². The lowest BCUT2D eigenvalue weighted by Crippen LogP contribution is -2.35. The number of nitriles is 1. The number of hydrogen-bond acceptors (Lipinski definition) is 15. The molecule has 0 radical (unpaired) electrons. The molecule has 37 heteroatoms. The van der Waals surface area contributed by atoms with E-state index in [0.717, 1.165) is 183 Å². The van der Waals surface area contributed by atoms with Crippen molar-refractivity contribution in [2.45, 2.75) is 264 Å². The lowest BCUT2D eigenvalue weighted by Gasteiger charge is -2.28. The maximum absolute atomic E-state index is 13.3. The minimum Gasteiger partial charge on any atom is -0.397 e. The highest BCUT2D eigenvalue weighted by Crippen LogP contribution is 2.42. The first-order chi connectivity index (χ1) is 63.2. The van der Waals surface area contributed by atoms with Crippen LogP contribution in [0.15, 0.2) is 146 Å². The first kappa shape index (κ1) is 114. The zero-order chi connectivity index (χ0) is 99.0. The maximum atomic E-state index is 13.3. The van der Waals surface area contributed by atoms with Crippen molar-refractivity contribution in [1.82, 2.24) is 10.3 Å². The summed E-state index contributed by atoms with van der Waals surface area (Å²) in [6, 6.07) is 28.5. The Balaban J connectivity index is 0.000000406. The summed E-state index contributed by atoms with van der Waals surface area (Å²) in [5.41, 5.74) is 9.60. The summed E-state index contributed by atoms with van der Waals surface area (Å²) >= 11 is 10.4. The Morgan fingerprint density at radius 3 is 0.985 bits per heavy atom. The normalized spacial score (nSPS) is 15.8. The van der Waals surface area contributed by atoms with Crippen LogP contribution in [0.25, 0.3) is 0 Å². The van der Waals surface area contributed by atoms with E-state index in [9.17, 15) is 104 Å². The predicted octanol–water partition coefficient (Wildman–Crippen LogP) is 29.5. The lowest BCUT2D eigenvalue weighted by atomic mass is 10.1. The Kier molecular flexibility index (Phi) is 53.7. The van der Waals surface area contributed by atoms with Crippen molar-refractivity contribution in [3.05, 3.63) is 211 Å². The highest BCUT2D eigenvalue weighted by molar-refractivity contribution is 7.80. The molecule has 1 amide bonds. The van der Waals surface area contributed by atoms with Gasteiger partial charge in [0.15, 0.2) is 5.11 Å². The number of aromatic nitrogens is 1. The predicted molar refractivity (Wildman–Crippen MR) is 495 cm³/mol. The number of halogens is 18. The van der Waals surface area contributed by atoms with Gasteiger partial charge in [0.2, 0.25) is 5.82 Å². The number of anilines is 7. The van der Waals surface area contributed by atoms with Gasteiger partial charge in [0.25, 0.3) is 16.8 Å². The summed E-state index contributed by atoms with van der Waals surface area (Å²) in [6.45, 7) is 11.7. The molecule has 5 aliphatic rings. The van der Waals surface area contributed by atoms with Gasteiger partial charge >= 0.3 is 36.6 Å². The lowest BCUT2D eigenvalue weighted by molar-refractivity contribution is -0.387. The number of alkyl halides is 16. The van der Waals surface area contributed by atoms with Crippen molar-refractivity contribution in [2.24, 2.45) is 0 Å². The third kappa shape index (κ3) is 44.9. The van der Waals surface area contributed by atoms with Gasteiger partial charge in [0.05, 0.1) is 91.9 Å². The van der Waals surface area contributed by atoms with E-state index in [1.54, 1.807) is 42.5 Å². The number of benzene rings is 6. The molecule has 1 aromatic heterocycles. The van der Waals surface area contributed by atoms with Crippen LogP contribution in [0, 0.1) is 37.4 Å². The number of hydrogen-bond donors (Lipinski definition) is 4. The number of nitro benzene ring substituents is 2. The number of nitrogens with two attached hydrogens (primary N) is 2. The van der Waals surface area contributed by atoms with Crippen molar-refractivity contribution in [2.75, 3.05) is 95.9 Å². The van der Waals surface area contributed by atoms with Crippen molar-refractivity contribution in [1.29, 1.82) is 5.26 Å². The van der Waals surface area contributed by atoms with Gasteiger partial charge in [-0.2, -0.15) is 75.5 Å². The van der Waals surface area contributed by atoms with Gasteiger partial charge in [-0.3, -0.25) is 44.5 Å². The summed E-state index contributed by atoms with van der Waals surface area (Å²) in [5.74, 6) is -1.77. The van der Waals surface area contributed by atoms with E-state index in [1.165, 1.54) is 166 Å². The van der Waals surface area contributed by atoms with Crippen LogP contribution in [0.5, 0.6) is 0 Å². The Morgan fingerprint density at radius 1 is 0.432 bits per heavy atom. The van der Waals surface area contributed by atoms with Crippen LogP contribution in [0.2, 0.25) is 0 Å². The quantitative estimate of drug-likeness (QED) is 0.0262. The summed E-state index contributed by atoms with van der Waals surface area (Å²) in [6.07, 6.45) is 20.6. The van der Waals surface area contributed by atoms with Crippen molar-refractivity contribution in [3.8, 4) is 6.07 Å². The van der Waals surface area contributed by atoms with Gasteiger partial charge in [0, 0.05) is 89.4 Å². The number of rotatable bonds is 9.